The smallest absolute Gasteiger partial charge is 0.652 e. The van der Waals surface area contributed by atoms with Gasteiger partial charge in [0.25, 0.3) is 0 Å². The van der Waals surface area contributed by atoms with E-state index in [0.717, 1.165) is 0 Å². The Morgan fingerprint density at radius 2 is 1.33 bits per heavy atom. The summed E-state index contributed by atoms with van der Waals surface area (Å²) in [4.78, 5) is 8.33. The summed E-state index contributed by atoms with van der Waals surface area (Å²) in [6.07, 6.45) is -2.33. The maximum atomic E-state index is 8.33. The van der Waals surface area contributed by atoms with Gasteiger partial charge in [-0.15, -0.1) is 0 Å². The summed E-state index contributed by atoms with van der Waals surface area (Å²) in [6.45, 7) is 0. The summed E-state index contributed by atoms with van der Waals surface area (Å²) >= 11 is 0. The zero-order valence-electron chi connectivity index (χ0n) is 3.08. The van der Waals surface area contributed by atoms with Crippen LogP contribution in [0.5, 0.6) is 0 Å². The largest absolute Gasteiger partial charge is 1.00 e. The molecule has 0 fully saturated rings. The predicted octanol–water partition coefficient (Wildman–Crippen LogP) is -2.07. The van der Waals surface area contributed by atoms with E-state index in [1.807, 2.05) is 0 Å². The van der Waals surface area contributed by atoms with Gasteiger partial charge in [-0.25, -0.2) is 0 Å². The Hall–Kier alpha value is -0.134. The van der Waals surface area contributed by atoms with Crippen molar-refractivity contribution in [2.75, 3.05) is 0 Å². The van der Waals surface area contributed by atoms with Crippen molar-refractivity contribution in [3.63, 3.8) is 0 Å². The van der Waals surface area contributed by atoms with Crippen LogP contribution in [-0.2, 0) is 19.8 Å². The van der Waals surface area contributed by atoms with E-state index in [9.17, 15) is 0 Å². The van der Waals surface area contributed by atoms with Crippen molar-refractivity contribution in [3.8, 4) is 0 Å². The first-order chi connectivity index (χ1) is 1.73. The fourth-order valence-corrected chi connectivity index (χ4v) is 0. The molecule has 0 aliphatic rings. The van der Waals surface area contributed by atoms with Crippen molar-refractivity contribution >= 4 is 6.16 Å². The van der Waals surface area contributed by atoms with E-state index in [2.05, 4.69) is 0 Å². The zero-order valence-corrected chi connectivity index (χ0v) is 5.62. The molecule has 0 unspecified atom stereocenters. The van der Waals surface area contributed by atoms with E-state index >= 15 is 0 Å². The monoisotopic (exact) mass is 270 g/mol. The first kappa shape index (κ1) is 16.9. The molecule has 0 saturated carbocycles. The van der Waals surface area contributed by atoms with Crippen molar-refractivity contribution in [3.05, 3.63) is 0 Å². The molecule has 0 spiro atoms. The molecule has 0 aromatic heterocycles. The number of hydrogen-bond acceptors (Lipinski definition) is 3. The maximum absolute atomic E-state index is 8.33. The van der Waals surface area contributed by atoms with Crippen LogP contribution in [0, 0.1) is 0 Å². The molecule has 6 heavy (non-hydrogen) atoms. The van der Waals surface area contributed by atoms with Crippen LogP contribution in [0.3, 0.4) is 0 Å². The van der Waals surface area contributed by atoms with Gasteiger partial charge in [0, 0.05) is 0 Å². The summed E-state index contributed by atoms with van der Waals surface area (Å²) in [5.41, 5.74) is 0. The molecule has 39 valence electrons. The van der Waals surface area contributed by atoms with Gasteiger partial charge in [-0.1, -0.05) is 0 Å². The molecule has 0 atom stereocenters. The molecule has 0 bridgehead atoms. The van der Waals surface area contributed by atoms with E-state index in [-0.39, 0.29) is 25.9 Å². The summed E-state index contributed by atoms with van der Waals surface area (Å²) in [5.74, 6) is 0. The molecule has 0 rings (SSSR count). The van der Waals surface area contributed by atoms with Gasteiger partial charge in [0.15, 0.2) is 0 Å². The third-order valence-corrected chi connectivity index (χ3v) is 0. The van der Waals surface area contributed by atoms with Crippen LogP contribution in [0.4, 0.5) is 4.79 Å². The third-order valence-electron chi connectivity index (χ3n) is 0. The third kappa shape index (κ3) is 1780. The molecule has 0 saturated heterocycles. The van der Waals surface area contributed by atoms with Crippen molar-refractivity contribution in [2.45, 2.75) is 0 Å². The maximum Gasteiger partial charge on any atom is 1.00 e. The average molecular weight is 268 g/mol. The molecule has 0 heterocycles. The Bertz CT molecular complexity index is 33.8. The normalized spacial score (nSPS) is 4.00. The summed E-state index contributed by atoms with van der Waals surface area (Å²) in [7, 11) is 0. The van der Waals surface area contributed by atoms with Gasteiger partial charge >= 0.3 is 19.8 Å². The first-order valence-corrected chi connectivity index (χ1v) is 0.612. The van der Waals surface area contributed by atoms with Crippen molar-refractivity contribution in [1.82, 2.24) is 6.15 Å². The van der Waals surface area contributed by atoms with Crippen molar-refractivity contribution in [1.29, 1.82) is 0 Å². The number of carbonyl (C=O) groups excluding carboxylic acids is 1. The van der Waals surface area contributed by atoms with Gasteiger partial charge in [0.2, 0.25) is 0 Å². The minimum Gasteiger partial charge on any atom is -0.652 e. The number of rotatable bonds is 0. The molecule has 0 amide bonds. The second-order valence-corrected chi connectivity index (χ2v) is 0.250. The Labute approximate surface area is 47.8 Å². The zero-order chi connectivity index (χ0) is 3.58. The van der Waals surface area contributed by atoms with Crippen LogP contribution in [0.2, 0.25) is 0 Å². The van der Waals surface area contributed by atoms with Crippen LogP contribution < -0.4 is 16.4 Å². The molecule has 0 aliphatic heterocycles. The average Bonchev–Trinajstić information content (AvgIpc) is 0.811. The topological polar surface area (TPSA) is 99.7 Å². The predicted molar refractivity (Wildman–Crippen MR) is 11.4 cm³/mol. The molecule has 0 aromatic rings. The molecule has 5 heteroatoms. The molecule has 4 N–H and O–H groups in total. The quantitative estimate of drug-likeness (QED) is 0.546. The summed E-state index contributed by atoms with van der Waals surface area (Å²) in [6, 6.07) is 0. The Kier molecular flexibility index (Phi) is 25.0. The number of carboxylic acid groups (broad SMARTS) is 2. The van der Waals surface area contributed by atoms with E-state index < -0.39 is 6.16 Å². The summed E-state index contributed by atoms with van der Waals surface area (Å²) in [5, 5.41) is 16.7. The van der Waals surface area contributed by atoms with E-state index in [1.54, 1.807) is 0 Å². The fraction of sp³-hybridized carbons (Fsp3) is 0. The van der Waals surface area contributed by atoms with Gasteiger partial charge < -0.3 is 21.2 Å². The Morgan fingerprint density at radius 1 is 1.33 bits per heavy atom. The van der Waals surface area contributed by atoms with Crippen LogP contribution in [0.15, 0.2) is 0 Å². The molecular weight excluding hydrogens is 264 g/mol. The standard InChI is InChI=1S/CH2O3.H3N.Os/c2-1(3)4;;/h(H2,2,3,4);1H3;/q;;+1/p-1. The minimum atomic E-state index is -2.33. The number of quaternary nitrogens is 1. The van der Waals surface area contributed by atoms with Gasteiger partial charge in [-0.3, -0.25) is 0 Å². The first-order valence-electron chi connectivity index (χ1n) is 0.612. The molecule has 1 radical (unpaired) electrons. The van der Waals surface area contributed by atoms with E-state index in [0.29, 0.717) is 0 Å². The van der Waals surface area contributed by atoms with Crippen LogP contribution in [-0.4, -0.2) is 6.16 Å². The Morgan fingerprint density at radius 3 is 1.33 bits per heavy atom. The van der Waals surface area contributed by atoms with E-state index in [4.69, 9.17) is 15.0 Å². The fourth-order valence-electron chi connectivity index (χ4n) is 0. The number of carbonyl (C=O) groups is 1. The van der Waals surface area contributed by atoms with Crippen molar-refractivity contribution in [2.24, 2.45) is 0 Å². The van der Waals surface area contributed by atoms with Crippen LogP contribution in [0.1, 0.15) is 0 Å². The van der Waals surface area contributed by atoms with Crippen LogP contribution >= 0.6 is 0 Å². The van der Waals surface area contributed by atoms with Crippen LogP contribution in [0.25, 0.3) is 0 Å². The molecule has 0 aliphatic carbocycles. The van der Waals surface area contributed by atoms with Gasteiger partial charge in [-0.2, -0.15) is 0 Å². The Balaban J connectivity index is -0.0000000450. The summed E-state index contributed by atoms with van der Waals surface area (Å²) < 4.78 is 0. The van der Waals surface area contributed by atoms with E-state index in [1.165, 1.54) is 0 Å². The number of hydrogen-bond donors (Lipinski definition) is 1. The van der Waals surface area contributed by atoms with Gasteiger partial charge in [0.05, 0.1) is 0 Å². The van der Waals surface area contributed by atoms with Crippen molar-refractivity contribution < 1.29 is 34.8 Å². The molecule has 4 nitrogen and oxygen atoms in total. The SMILES string of the molecule is O=C([O-])[O-].[NH4+].[Os+]. The van der Waals surface area contributed by atoms with Gasteiger partial charge in [0.1, 0.15) is 0 Å². The van der Waals surface area contributed by atoms with Gasteiger partial charge in [-0.05, 0) is 6.16 Å². The second kappa shape index (κ2) is 8.85. The minimum absolute atomic E-state index is 0. The molecular formula is CH4NO3Os. The molecule has 0 aromatic carbocycles. The second-order valence-electron chi connectivity index (χ2n) is 0.250.